The number of nitro groups is 1. The Kier molecular flexibility index (Phi) is 5.78. The van der Waals surface area contributed by atoms with Gasteiger partial charge in [-0.3, -0.25) is 10.1 Å². The molecule has 0 atom stereocenters. The van der Waals surface area contributed by atoms with Gasteiger partial charge in [0.1, 0.15) is 17.2 Å². The zero-order chi connectivity index (χ0) is 18.4. The molecule has 0 heterocycles. The van der Waals surface area contributed by atoms with Gasteiger partial charge in [0.2, 0.25) is 0 Å². The first-order valence-corrected chi connectivity index (χ1v) is 7.31. The summed E-state index contributed by atoms with van der Waals surface area (Å²) in [4.78, 5) is 22.2. The lowest BCUT2D eigenvalue weighted by atomic mass is 10.1. The lowest BCUT2D eigenvalue weighted by Gasteiger charge is -2.12. The third kappa shape index (κ3) is 4.17. The Morgan fingerprint density at radius 1 is 1.12 bits per heavy atom. The number of carbonyl (C=O) groups is 1. The Morgan fingerprint density at radius 2 is 1.88 bits per heavy atom. The fraction of sp³-hybridized carbons (Fsp3) is 0.235. The van der Waals surface area contributed by atoms with Crippen molar-refractivity contribution in [1.29, 1.82) is 0 Å². The zero-order valence-corrected chi connectivity index (χ0v) is 14.1. The van der Waals surface area contributed by atoms with Gasteiger partial charge in [-0.25, -0.2) is 4.79 Å². The molecule has 0 saturated carbocycles. The van der Waals surface area contributed by atoms with Crippen LogP contribution in [-0.2, 0) is 11.3 Å². The van der Waals surface area contributed by atoms with Crippen LogP contribution in [0.3, 0.4) is 0 Å². The van der Waals surface area contributed by atoms with E-state index < -0.39 is 10.9 Å². The van der Waals surface area contributed by atoms with Crippen LogP contribution in [0.25, 0.3) is 0 Å². The molecule has 0 fully saturated rings. The van der Waals surface area contributed by atoms with E-state index in [1.165, 1.54) is 32.4 Å². The lowest BCUT2D eigenvalue weighted by molar-refractivity contribution is -0.384. The van der Waals surface area contributed by atoms with Crippen molar-refractivity contribution in [3.8, 4) is 11.5 Å². The second kappa shape index (κ2) is 8.00. The van der Waals surface area contributed by atoms with Gasteiger partial charge in [0.25, 0.3) is 5.69 Å². The molecule has 1 N–H and O–H groups in total. The predicted octanol–water partition coefficient (Wildman–Crippen LogP) is 3.01. The van der Waals surface area contributed by atoms with Gasteiger partial charge in [-0.2, -0.15) is 0 Å². The number of nitrogens with zero attached hydrogens (tertiary/aromatic N) is 1. The van der Waals surface area contributed by atoms with E-state index in [4.69, 9.17) is 9.47 Å². The summed E-state index contributed by atoms with van der Waals surface area (Å²) in [6.07, 6.45) is 0. The SMILES string of the molecule is COC(=O)c1ccc(NCc2ccc(OC)cc2OC)c([N+](=O)[O-])c1. The van der Waals surface area contributed by atoms with Crippen molar-refractivity contribution in [1.82, 2.24) is 0 Å². The molecule has 0 aliphatic rings. The van der Waals surface area contributed by atoms with E-state index in [-0.39, 0.29) is 16.9 Å². The molecule has 0 unspecified atom stereocenters. The molecule has 0 aliphatic heterocycles. The molecule has 0 saturated heterocycles. The molecule has 0 bridgehead atoms. The summed E-state index contributed by atoms with van der Waals surface area (Å²) in [6, 6.07) is 9.42. The van der Waals surface area contributed by atoms with Crippen LogP contribution in [0.5, 0.6) is 11.5 Å². The maximum Gasteiger partial charge on any atom is 0.338 e. The van der Waals surface area contributed by atoms with E-state index in [0.29, 0.717) is 18.0 Å². The van der Waals surface area contributed by atoms with E-state index in [2.05, 4.69) is 10.1 Å². The van der Waals surface area contributed by atoms with E-state index >= 15 is 0 Å². The van der Waals surface area contributed by atoms with E-state index in [1.54, 1.807) is 25.3 Å². The predicted molar refractivity (Wildman–Crippen MR) is 91.3 cm³/mol. The highest BCUT2D eigenvalue weighted by molar-refractivity contribution is 5.91. The van der Waals surface area contributed by atoms with Gasteiger partial charge in [-0.1, -0.05) is 0 Å². The van der Waals surface area contributed by atoms with Crippen molar-refractivity contribution in [2.45, 2.75) is 6.54 Å². The molecule has 25 heavy (non-hydrogen) atoms. The summed E-state index contributed by atoms with van der Waals surface area (Å²) in [5.74, 6) is 0.612. The Morgan fingerprint density at radius 3 is 2.48 bits per heavy atom. The van der Waals surface area contributed by atoms with Crippen LogP contribution < -0.4 is 14.8 Å². The van der Waals surface area contributed by atoms with Gasteiger partial charge in [-0.05, 0) is 24.3 Å². The first-order chi connectivity index (χ1) is 12.0. The third-order valence-corrected chi connectivity index (χ3v) is 3.58. The number of rotatable bonds is 7. The standard InChI is InChI=1S/C17H18N2O6/c1-23-13-6-4-12(16(9-13)24-2)10-18-14-7-5-11(17(20)25-3)8-15(14)19(21)22/h4-9,18H,10H2,1-3H3. The molecule has 8 heteroatoms. The molecule has 2 aromatic carbocycles. The number of anilines is 1. The van der Waals surface area contributed by atoms with Gasteiger partial charge < -0.3 is 19.5 Å². The zero-order valence-electron chi connectivity index (χ0n) is 14.1. The number of benzene rings is 2. The first kappa shape index (κ1) is 18.1. The molecule has 0 aromatic heterocycles. The molecule has 8 nitrogen and oxygen atoms in total. The highest BCUT2D eigenvalue weighted by Crippen LogP contribution is 2.29. The van der Waals surface area contributed by atoms with E-state index in [0.717, 1.165) is 5.56 Å². The maximum absolute atomic E-state index is 11.5. The molecule has 2 aromatic rings. The Bertz CT molecular complexity index is 791. The molecular weight excluding hydrogens is 328 g/mol. The van der Waals surface area contributed by atoms with Crippen molar-refractivity contribution < 1.29 is 23.9 Å². The van der Waals surface area contributed by atoms with Crippen LogP contribution in [0.15, 0.2) is 36.4 Å². The van der Waals surface area contributed by atoms with Crippen molar-refractivity contribution in [3.05, 3.63) is 57.6 Å². The Balaban J connectivity index is 2.26. The summed E-state index contributed by atoms with van der Waals surface area (Å²) in [5.41, 5.74) is 0.988. The highest BCUT2D eigenvalue weighted by atomic mass is 16.6. The summed E-state index contributed by atoms with van der Waals surface area (Å²) in [7, 11) is 4.31. The average molecular weight is 346 g/mol. The minimum absolute atomic E-state index is 0.113. The fourth-order valence-electron chi connectivity index (χ4n) is 2.27. The number of nitrogens with one attached hydrogen (secondary N) is 1. The van der Waals surface area contributed by atoms with Crippen molar-refractivity contribution in [3.63, 3.8) is 0 Å². The smallest absolute Gasteiger partial charge is 0.338 e. The topological polar surface area (TPSA) is 99.9 Å². The second-order valence-corrected chi connectivity index (χ2v) is 5.01. The maximum atomic E-state index is 11.5. The second-order valence-electron chi connectivity index (χ2n) is 5.01. The number of esters is 1. The molecular formula is C17H18N2O6. The van der Waals surface area contributed by atoms with Crippen LogP contribution in [0.2, 0.25) is 0 Å². The van der Waals surface area contributed by atoms with Crippen LogP contribution in [-0.4, -0.2) is 32.2 Å². The third-order valence-electron chi connectivity index (χ3n) is 3.58. The van der Waals surface area contributed by atoms with Crippen molar-refractivity contribution >= 4 is 17.3 Å². The monoisotopic (exact) mass is 346 g/mol. The quantitative estimate of drug-likeness (QED) is 0.467. The van der Waals surface area contributed by atoms with Crippen LogP contribution in [0.4, 0.5) is 11.4 Å². The number of nitro benzene ring substituents is 1. The van der Waals surface area contributed by atoms with Gasteiger partial charge >= 0.3 is 5.97 Å². The van der Waals surface area contributed by atoms with Crippen molar-refractivity contribution in [2.75, 3.05) is 26.6 Å². The van der Waals surface area contributed by atoms with Gasteiger partial charge in [-0.15, -0.1) is 0 Å². The van der Waals surface area contributed by atoms with E-state index in [9.17, 15) is 14.9 Å². The number of methoxy groups -OCH3 is 3. The van der Waals surface area contributed by atoms with E-state index in [1.807, 2.05) is 0 Å². The van der Waals surface area contributed by atoms with Gasteiger partial charge in [0.15, 0.2) is 0 Å². The fourth-order valence-corrected chi connectivity index (χ4v) is 2.27. The Labute approximate surface area is 144 Å². The summed E-state index contributed by atoms with van der Waals surface area (Å²) >= 11 is 0. The Hall–Kier alpha value is -3.29. The molecule has 132 valence electrons. The van der Waals surface area contributed by atoms with Crippen LogP contribution >= 0.6 is 0 Å². The normalized spacial score (nSPS) is 10.0. The van der Waals surface area contributed by atoms with Crippen LogP contribution in [0.1, 0.15) is 15.9 Å². The van der Waals surface area contributed by atoms with Crippen LogP contribution in [0, 0.1) is 10.1 Å². The summed E-state index contributed by atoms with van der Waals surface area (Å²) in [6.45, 7) is 0.297. The number of carbonyl (C=O) groups excluding carboxylic acids is 1. The number of ether oxygens (including phenoxy) is 3. The molecule has 2 rings (SSSR count). The minimum atomic E-state index is -0.633. The van der Waals surface area contributed by atoms with Gasteiger partial charge in [0.05, 0.1) is 31.8 Å². The van der Waals surface area contributed by atoms with Gasteiger partial charge in [0, 0.05) is 24.2 Å². The number of hydrogen-bond acceptors (Lipinski definition) is 7. The number of hydrogen-bond donors (Lipinski definition) is 1. The lowest BCUT2D eigenvalue weighted by Crippen LogP contribution is -2.07. The van der Waals surface area contributed by atoms with Crippen molar-refractivity contribution in [2.24, 2.45) is 0 Å². The summed E-state index contributed by atoms with van der Waals surface area (Å²) in [5, 5.41) is 14.3. The molecule has 0 amide bonds. The highest BCUT2D eigenvalue weighted by Gasteiger charge is 2.18. The molecule has 0 spiro atoms. The molecule has 0 radical (unpaired) electrons. The summed E-state index contributed by atoms with van der Waals surface area (Å²) < 4.78 is 15.0. The first-order valence-electron chi connectivity index (χ1n) is 7.31. The average Bonchev–Trinajstić information content (AvgIpc) is 2.65. The largest absolute Gasteiger partial charge is 0.497 e. The minimum Gasteiger partial charge on any atom is -0.497 e. The molecule has 0 aliphatic carbocycles.